The fraction of sp³-hybridized carbons (Fsp3) is 0.571. The van der Waals surface area contributed by atoms with E-state index in [-0.39, 0.29) is 6.04 Å². The third-order valence-corrected chi connectivity index (χ3v) is 3.27. The smallest absolute Gasteiger partial charge is 0.0486 e. The van der Waals surface area contributed by atoms with Crippen molar-refractivity contribution in [1.29, 1.82) is 0 Å². The summed E-state index contributed by atoms with van der Waals surface area (Å²) in [6, 6.07) is 8.85. The Morgan fingerprint density at radius 1 is 1.29 bits per heavy atom. The predicted octanol–water partition coefficient (Wildman–Crippen LogP) is 2.43. The molecule has 0 heterocycles. The minimum absolute atomic E-state index is 0.191. The predicted molar refractivity (Wildman–Crippen MR) is 71.5 cm³/mol. The Morgan fingerprint density at radius 2 is 1.94 bits per heavy atom. The van der Waals surface area contributed by atoms with Gasteiger partial charge in [-0.25, -0.2) is 0 Å². The molecule has 0 fully saturated rings. The summed E-state index contributed by atoms with van der Waals surface area (Å²) in [5, 5.41) is 0. The van der Waals surface area contributed by atoms with E-state index in [1.807, 2.05) is 0 Å². The Bertz CT molecular complexity index is 311. The van der Waals surface area contributed by atoms with Gasteiger partial charge < -0.3 is 4.74 Å². The maximum atomic E-state index is 5.66. The van der Waals surface area contributed by atoms with E-state index in [1.165, 1.54) is 11.1 Å². The first-order valence-corrected chi connectivity index (χ1v) is 6.26. The summed E-state index contributed by atoms with van der Waals surface area (Å²) in [5.41, 5.74) is 5.51. The maximum absolute atomic E-state index is 5.66. The fourth-order valence-corrected chi connectivity index (χ4v) is 2.02. The number of ether oxygens (including phenoxy) is 1. The highest BCUT2D eigenvalue weighted by Gasteiger charge is 2.17. The molecule has 0 aliphatic carbocycles. The van der Waals surface area contributed by atoms with E-state index in [4.69, 9.17) is 10.6 Å². The van der Waals surface area contributed by atoms with E-state index in [0.717, 1.165) is 19.4 Å². The summed E-state index contributed by atoms with van der Waals surface area (Å²) in [7, 11) is 1.73. The highest BCUT2D eigenvalue weighted by molar-refractivity contribution is 5.25. The molecule has 0 amide bonds. The minimum Gasteiger partial charge on any atom is -0.385 e. The molecule has 1 aromatic rings. The number of hydrazine groups is 1. The van der Waals surface area contributed by atoms with E-state index in [1.54, 1.807) is 7.11 Å². The Morgan fingerprint density at radius 3 is 2.41 bits per heavy atom. The molecule has 0 aliphatic rings. The first kappa shape index (κ1) is 14.2. The zero-order chi connectivity index (χ0) is 12.7. The largest absolute Gasteiger partial charge is 0.385 e. The van der Waals surface area contributed by atoms with Crippen LogP contribution in [0.3, 0.4) is 0 Å². The van der Waals surface area contributed by atoms with Gasteiger partial charge in [-0.3, -0.25) is 11.3 Å². The lowest BCUT2D eigenvalue weighted by atomic mass is 9.92. The fourth-order valence-electron chi connectivity index (χ4n) is 2.02. The van der Waals surface area contributed by atoms with E-state index in [9.17, 15) is 0 Å². The molecular weight excluding hydrogens is 212 g/mol. The van der Waals surface area contributed by atoms with Crippen LogP contribution in [0.2, 0.25) is 0 Å². The van der Waals surface area contributed by atoms with Crippen molar-refractivity contribution in [2.45, 2.75) is 32.7 Å². The topological polar surface area (TPSA) is 47.3 Å². The van der Waals surface area contributed by atoms with Crippen molar-refractivity contribution in [1.82, 2.24) is 5.43 Å². The molecule has 0 saturated heterocycles. The quantitative estimate of drug-likeness (QED) is 0.564. The van der Waals surface area contributed by atoms with Crippen LogP contribution in [0.1, 0.15) is 37.4 Å². The van der Waals surface area contributed by atoms with Gasteiger partial charge in [0.05, 0.1) is 0 Å². The first-order valence-electron chi connectivity index (χ1n) is 6.26. The van der Waals surface area contributed by atoms with Crippen molar-refractivity contribution in [3.63, 3.8) is 0 Å². The van der Waals surface area contributed by atoms with Gasteiger partial charge in [-0.05, 0) is 29.9 Å². The zero-order valence-electron chi connectivity index (χ0n) is 11.1. The molecule has 1 aromatic carbocycles. The minimum atomic E-state index is 0.191. The van der Waals surface area contributed by atoms with Gasteiger partial charge in [0.25, 0.3) is 0 Å². The van der Waals surface area contributed by atoms with Crippen LogP contribution in [0.4, 0.5) is 0 Å². The highest BCUT2D eigenvalue weighted by Crippen LogP contribution is 2.24. The highest BCUT2D eigenvalue weighted by atomic mass is 16.5. The van der Waals surface area contributed by atoms with Gasteiger partial charge in [-0.1, -0.05) is 38.1 Å². The average Bonchev–Trinajstić information content (AvgIpc) is 2.38. The van der Waals surface area contributed by atoms with E-state index < -0.39 is 0 Å². The van der Waals surface area contributed by atoms with Gasteiger partial charge in [0.2, 0.25) is 0 Å². The van der Waals surface area contributed by atoms with Crippen LogP contribution in [0.25, 0.3) is 0 Å². The molecule has 0 aromatic heterocycles. The molecule has 0 spiro atoms. The zero-order valence-corrected chi connectivity index (χ0v) is 11.1. The molecule has 2 unspecified atom stereocenters. The van der Waals surface area contributed by atoms with Gasteiger partial charge in [-0.2, -0.15) is 0 Å². The van der Waals surface area contributed by atoms with E-state index >= 15 is 0 Å². The lowest BCUT2D eigenvalue weighted by Gasteiger charge is -2.23. The Balaban J connectivity index is 2.70. The van der Waals surface area contributed by atoms with Crippen LogP contribution in [0.15, 0.2) is 24.3 Å². The van der Waals surface area contributed by atoms with Crippen LogP contribution in [0.5, 0.6) is 0 Å². The van der Waals surface area contributed by atoms with Crippen molar-refractivity contribution in [3.8, 4) is 0 Å². The van der Waals surface area contributed by atoms with Crippen molar-refractivity contribution in [2.75, 3.05) is 13.7 Å². The molecule has 0 radical (unpaired) electrons. The summed E-state index contributed by atoms with van der Waals surface area (Å²) in [6.45, 7) is 5.12. The monoisotopic (exact) mass is 236 g/mol. The molecular formula is C14H24N2O. The third kappa shape index (κ3) is 4.11. The molecule has 17 heavy (non-hydrogen) atoms. The third-order valence-electron chi connectivity index (χ3n) is 3.27. The van der Waals surface area contributed by atoms with Gasteiger partial charge in [0, 0.05) is 19.8 Å². The van der Waals surface area contributed by atoms with Crippen molar-refractivity contribution < 1.29 is 4.74 Å². The molecule has 3 nitrogen and oxygen atoms in total. The molecule has 96 valence electrons. The summed E-state index contributed by atoms with van der Waals surface area (Å²) < 4.78 is 5.11. The number of hydrogen-bond donors (Lipinski definition) is 2. The maximum Gasteiger partial charge on any atom is 0.0486 e. The van der Waals surface area contributed by atoms with Gasteiger partial charge in [-0.15, -0.1) is 0 Å². The molecule has 0 saturated carbocycles. The number of aryl methyl sites for hydroxylation is 1. The number of benzene rings is 1. The standard InChI is InChI=1S/C14H24N2O/c1-4-12-5-7-13(8-6-12)14(16-15)11(2)9-10-17-3/h5-8,11,14,16H,4,9-10,15H2,1-3H3. The number of hydrogen-bond acceptors (Lipinski definition) is 3. The SMILES string of the molecule is CCc1ccc(C(NN)C(C)CCOC)cc1. The molecule has 3 N–H and O–H groups in total. The normalized spacial score (nSPS) is 14.6. The second kappa shape index (κ2) is 7.43. The van der Waals surface area contributed by atoms with Crippen LogP contribution in [-0.4, -0.2) is 13.7 Å². The van der Waals surface area contributed by atoms with Crippen LogP contribution >= 0.6 is 0 Å². The van der Waals surface area contributed by atoms with E-state index in [2.05, 4.69) is 43.5 Å². The molecule has 0 bridgehead atoms. The number of methoxy groups -OCH3 is 1. The average molecular weight is 236 g/mol. The summed E-state index contributed by atoms with van der Waals surface area (Å²) in [6.07, 6.45) is 2.07. The van der Waals surface area contributed by atoms with E-state index in [0.29, 0.717) is 5.92 Å². The molecule has 1 rings (SSSR count). The summed E-state index contributed by atoms with van der Waals surface area (Å²) >= 11 is 0. The summed E-state index contributed by atoms with van der Waals surface area (Å²) in [4.78, 5) is 0. The molecule has 3 heteroatoms. The van der Waals surface area contributed by atoms with Gasteiger partial charge in [0.15, 0.2) is 0 Å². The summed E-state index contributed by atoms with van der Waals surface area (Å²) in [5.74, 6) is 6.11. The lowest BCUT2D eigenvalue weighted by molar-refractivity contribution is 0.170. The van der Waals surface area contributed by atoms with Crippen molar-refractivity contribution >= 4 is 0 Å². The molecule has 2 atom stereocenters. The Kier molecular flexibility index (Phi) is 6.19. The molecule has 0 aliphatic heterocycles. The first-order chi connectivity index (χ1) is 8.22. The number of rotatable bonds is 7. The van der Waals surface area contributed by atoms with Crippen LogP contribution < -0.4 is 11.3 Å². The van der Waals surface area contributed by atoms with Crippen LogP contribution in [-0.2, 0) is 11.2 Å². The van der Waals surface area contributed by atoms with Gasteiger partial charge >= 0.3 is 0 Å². The number of nitrogens with one attached hydrogen (secondary N) is 1. The van der Waals surface area contributed by atoms with Crippen molar-refractivity contribution in [3.05, 3.63) is 35.4 Å². The second-order valence-electron chi connectivity index (χ2n) is 4.50. The van der Waals surface area contributed by atoms with Crippen molar-refractivity contribution in [2.24, 2.45) is 11.8 Å². The Labute approximate surface area is 104 Å². The lowest BCUT2D eigenvalue weighted by Crippen LogP contribution is -2.33. The second-order valence-corrected chi connectivity index (χ2v) is 4.50. The number of nitrogens with two attached hydrogens (primary N) is 1. The van der Waals surface area contributed by atoms with Crippen LogP contribution in [0, 0.1) is 5.92 Å². The van der Waals surface area contributed by atoms with Gasteiger partial charge in [0.1, 0.15) is 0 Å². The Hall–Kier alpha value is -0.900.